The molecule has 7 heteroatoms. The molecule has 0 aromatic carbocycles. The fourth-order valence-electron chi connectivity index (χ4n) is 2.53. The van der Waals surface area contributed by atoms with E-state index < -0.39 is 11.4 Å². The lowest BCUT2D eigenvalue weighted by atomic mass is 9.80. The molecule has 0 saturated carbocycles. The number of ether oxygens (including phenoxy) is 2. The Morgan fingerprint density at radius 1 is 1.10 bits per heavy atom. The summed E-state index contributed by atoms with van der Waals surface area (Å²) < 4.78 is 10.5. The highest BCUT2D eigenvalue weighted by Crippen LogP contribution is 2.30. The molecule has 0 unspecified atom stereocenters. The van der Waals surface area contributed by atoms with Crippen LogP contribution in [0.15, 0.2) is 0 Å². The van der Waals surface area contributed by atoms with Crippen LogP contribution in [0.1, 0.15) is 19.3 Å². The summed E-state index contributed by atoms with van der Waals surface area (Å²) in [5.74, 6) is -0.861. The van der Waals surface area contributed by atoms with Crippen LogP contribution in [0.3, 0.4) is 0 Å². The van der Waals surface area contributed by atoms with Crippen molar-refractivity contribution in [3.63, 3.8) is 0 Å². The summed E-state index contributed by atoms with van der Waals surface area (Å²) in [5, 5.41) is 12.2. The fraction of sp³-hybridized carbons (Fsp3) is 0.846. The second kappa shape index (κ2) is 6.90. The Morgan fingerprint density at radius 2 is 1.80 bits per heavy atom. The predicted octanol–water partition coefficient (Wildman–Crippen LogP) is 0.300. The van der Waals surface area contributed by atoms with Crippen molar-refractivity contribution in [1.29, 1.82) is 0 Å². The highest BCUT2D eigenvalue weighted by Gasteiger charge is 2.40. The Hall–Kier alpha value is -1.34. The summed E-state index contributed by atoms with van der Waals surface area (Å²) in [6.07, 6.45) is 1.68. The SMILES string of the molecule is O=C(NCC1(C(=O)O)CCOCC1)N1CCCOCC1. The van der Waals surface area contributed by atoms with Gasteiger partial charge >= 0.3 is 12.0 Å². The molecule has 2 saturated heterocycles. The van der Waals surface area contributed by atoms with Gasteiger partial charge in [-0.05, 0) is 19.3 Å². The summed E-state index contributed by atoms with van der Waals surface area (Å²) in [6.45, 7) is 3.41. The van der Waals surface area contributed by atoms with Gasteiger partial charge in [-0.1, -0.05) is 0 Å². The number of hydrogen-bond acceptors (Lipinski definition) is 4. The Labute approximate surface area is 118 Å². The maximum atomic E-state index is 12.1. The summed E-state index contributed by atoms with van der Waals surface area (Å²) in [7, 11) is 0. The van der Waals surface area contributed by atoms with E-state index in [9.17, 15) is 14.7 Å². The number of nitrogens with zero attached hydrogens (tertiary/aromatic N) is 1. The van der Waals surface area contributed by atoms with E-state index in [0.29, 0.717) is 52.4 Å². The second-order valence-electron chi connectivity index (χ2n) is 5.31. The maximum absolute atomic E-state index is 12.1. The van der Waals surface area contributed by atoms with Gasteiger partial charge in [0.25, 0.3) is 0 Å². The highest BCUT2D eigenvalue weighted by molar-refractivity contribution is 5.78. The third-order valence-corrected chi connectivity index (χ3v) is 3.99. The van der Waals surface area contributed by atoms with Crippen LogP contribution in [-0.2, 0) is 14.3 Å². The van der Waals surface area contributed by atoms with Gasteiger partial charge in [0.1, 0.15) is 0 Å². The third-order valence-electron chi connectivity index (χ3n) is 3.99. The summed E-state index contributed by atoms with van der Waals surface area (Å²) in [4.78, 5) is 25.3. The number of rotatable bonds is 3. The van der Waals surface area contributed by atoms with E-state index in [1.54, 1.807) is 4.90 Å². The van der Waals surface area contributed by atoms with Gasteiger partial charge in [0.05, 0.1) is 12.0 Å². The number of aliphatic carboxylic acids is 1. The number of hydrogen-bond donors (Lipinski definition) is 2. The minimum atomic E-state index is -0.893. The van der Waals surface area contributed by atoms with Crippen LogP contribution in [-0.4, -0.2) is 68.1 Å². The molecular formula is C13H22N2O5. The molecule has 2 fully saturated rings. The maximum Gasteiger partial charge on any atom is 0.317 e. The molecule has 0 atom stereocenters. The molecular weight excluding hydrogens is 264 g/mol. The Bertz CT molecular complexity index is 347. The molecule has 7 nitrogen and oxygen atoms in total. The number of carboxylic acid groups (broad SMARTS) is 1. The van der Waals surface area contributed by atoms with Crippen molar-refractivity contribution in [3.8, 4) is 0 Å². The standard InChI is InChI=1S/C13H22N2O5/c16-11(17)13(2-7-20-8-3-13)10-14-12(18)15-4-1-6-19-9-5-15/h1-10H2,(H,14,18)(H,16,17). The van der Waals surface area contributed by atoms with Gasteiger partial charge in [-0.3, -0.25) is 4.79 Å². The van der Waals surface area contributed by atoms with Crippen LogP contribution in [0, 0.1) is 5.41 Å². The van der Waals surface area contributed by atoms with Crippen molar-refractivity contribution in [2.24, 2.45) is 5.41 Å². The minimum absolute atomic E-state index is 0.155. The van der Waals surface area contributed by atoms with Crippen LogP contribution in [0.5, 0.6) is 0 Å². The van der Waals surface area contributed by atoms with Gasteiger partial charge in [-0.15, -0.1) is 0 Å². The van der Waals surface area contributed by atoms with Crippen molar-refractivity contribution in [2.45, 2.75) is 19.3 Å². The van der Waals surface area contributed by atoms with Crippen molar-refractivity contribution in [2.75, 3.05) is 46.1 Å². The molecule has 2 amide bonds. The van der Waals surface area contributed by atoms with Crippen molar-refractivity contribution >= 4 is 12.0 Å². The summed E-state index contributed by atoms with van der Waals surface area (Å²) in [5.41, 5.74) is -0.893. The topological polar surface area (TPSA) is 88.1 Å². The van der Waals surface area contributed by atoms with Crippen molar-refractivity contribution in [3.05, 3.63) is 0 Å². The second-order valence-corrected chi connectivity index (χ2v) is 5.31. The van der Waals surface area contributed by atoms with E-state index in [2.05, 4.69) is 5.32 Å². The number of carboxylic acids is 1. The van der Waals surface area contributed by atoms with E-state index in [-0.39, 0.29) is 12.6 Å². The smallest absolute Gasteiger partial charge is 0.317 e. The zero-order chi connectivity index (χ0) is 14.4. The van der Waals surface area contributed by atoms with Crippen LogP contribution < -0.4 is 5.32 Å². The number of urea groups is 1. The molecule has 0 aromatic heterocycles. The van der Waals surface area contributed by atoms with Gasteiger partial charge in [-0.2, -0.15) is 0 Å². The van der Waals surface area contributed by atoms with E-state index >= 15 is 0 Å². The lowest BCUT2D eigenvalue weighted by Crippen LogP contribution is -2.50. The number of amides is 2. The van der Waals surface area contributed by atoms with Gasteiger partial charge in [0, 0.05) is 39.5 Å². The summed E-state index contributed by atoms with van der Waals surface area (Å²) in [6, 6.07) is -0.206. The zero-order valence-electron chi connectivity index (χ0n) is 11.6. The molecule has 0 spiro atoms. The molecule has 2 aliphatic rings. The molecule has 2 aliphatic heterocycles. The first-order valence-electron chi connectivity index (χ1n) is 7.06. The molecule has 20 heavy (non-hydrogen) atoms. The first kappa shape index (κ1) is 15.1. The molecule has 2 heterocycles. The lowest BCUT2D eigenvalue weighted by molar-refractivity contribution is -0.154. The fourth-order valence-corrected chi connectivity index (χ4v) is 2.53. The number of carbonyl (C=O) groups is 2. The van der Waals surface area contributed by atoms with E-state index in [0.717, 1.165) is 6.42 Å². The monoisotopic (exact) mass is 286 g/mol. The van der Waals surface area contributed by atoms with Crippen LogP contribution in [0.4, 0.5) is 4.79 Å². The number of carbonyl (C=O) groups excluding carboxylic acids is 1. The molecule has 0 radical (unpaired) electrons. The molecule has 0 bridgehead atoms. The largest absolute Gasteiger partial charge is 0.481 e. The van der Waals surface area contributed by atoms with Crippen molar-refractivity contribution < 1.29 is 24.2 Å². The van der Waals surface area contributed by atoms with E-state index in [1.165, 1.54) is 0 Å². The Morgan fingerprint density at radius 3 is 2.50 bits per heavy atom. The van der Waals surface area contributed by atoms with Gasteiger partial charge in [-0.25, -0.2) is 4.79 Å². The first-order chi connectivity index (χ1) is 9.64. The molecule has 114 valence electrons. The summed E-state index contributed by atoms with van der Waals surface area (Å²) >= 11 is 0. The predicted molar refractivity (Wildman–Crippen MR) is 70.5 cm³/mol. The quantitative estimate of drug-likeness (QED) is 0.779. The minimum Gasteiger partial charge on any atom is -0.481 e. The van der Waals surface area contributed by atoms with Gasteiger partial charge < -0.3 is 24.8 Å². The molecule has 0 aliphatic carbocycles. The van der Waals surface area contributed by atoms with E-state index in [4.69, 9.17) is 9.47 Å². The lowest BCUT2D eigenvalue weighted by Gasteiger charge is -2.33. The third kappa shape index (κ3) is 3.61. The molecule has 0 aromatic rings. The van der Waals surface area contributed by atoms with Crippen LogP contribution in [0.25, 0.3) is 0 Å². The van der Waals surface area contributed by atoms with Crippen molar-refractivity contribution in [1.82, 2.24) is 10.2 Å². The molecule has 2 N–H and O–H groups in total. The normalized spacial score (nSPS) is 22.9. The molecule has 2 rings (SSSR count). The Balaban J connectivity index is 1.88. The zero-order valence-corrected chi connectivity index (χ0v) is 11.6. The average molecular weight is 286 g/mol. The Kier molecular flexibility index (Phi) is 5.19. The average Bonchev–Trinajstić information content (AvgIpc) is 2.74. The van der Waals surface area contributed by atoms with E-state index in [1.807, 2.05) is 0 Å². The number of nitrogens with one attached hydrogen (secondary N) is 1. The first-order valence-corrected chi connectivity index (χ1v) is 7.06. The van der Waals surface area contributed by atoms with Crippen LogP contribution >= 0.6 is 0 Å². The van der Waals surface area contributed by atoms with Crippen LogP contribution in [0.2, 0.25) is 0 Å². The van der Waals surface area contributed by atoms with Gasteiger partial charge in [0.2, 0.25) is 0 Å². The highest BCUT2D eigenvalue weighted by atomic mass is 16.5. The van der Waals surface area contributed by atoms with Gasteiger partial charge in [0.15, 0.2) is 0 Å².